The van der Waals surface area contributed by atoms with E-state index in [1.54, 1.807) is 0 Å². The molecule has 2 aliphatic heterocycles. The van der Waals surface area contributed by atoms with Gasteiger partial charge in [-0.3, -0.25) is 4.90 Å². The lowest BCUT2D eigenvalue weighted by Crippen LogP contribution is -2.28. The highest BCUT2D eigenvalue weighted by molar-refractivity contribution is 5.51. The highest BCUT2D eigenvalue weighted by Gasteiger charge is 2.17. The highest BCUT2D eigenvalue weighted by atomic mass is 16.5. The van der Waals surface area contributed by atoms with E-state index < -0.39 is 0 Å². The van der Waals surface area contributed by atoms with Gasteiger partial charge < -0.3 is 10.1 Å². The molecule has 0 aliphatic carbocycles. The number of nitrogens with one attached hydrogen (secondary N) is 1. The topological polar surface area (TPSA) is 24.5 Å². The van der Waals surface area contributed by atoms with E-state index in [2.05, 4.69) is 34.5 Å². The lowest BCUT2D eigenvalue weighted by atomic mass is 10.1. The van der Waals surface area contributed by atoms with Gasteiger partial charge in [-0.25, -0.2) is 0 Å². The van der Waals surface area contributed by atoms with Crippen LogP contribution in [0.25, 0.3) is 0 Å². The Morgan fingerprint density at radius 3 is 2.63 bits per heavy atom. The molecule has 2 aliphatic rings. The molecule has 0 amide bonds. The molecule has 0 aromatic heterocycles. The van der Waals surface area contributed by atoms with Gasteiger partial charge in [-0.1, -0.05) is 18.2 Å². The van der Waals surface area contributed by atoms with Crippen LogP contribution in [0.1, 0.15) is 31.2 Å². The van der Waals surface area contributed by atoms with Gasteiger partial charge >= 0.3 is 0 Å². The summed E-state index contributed by atoms with van der Waals surface area (Å²) in [5, 5.41) is 3.72. The number of benzene rings is 1. The molecule has 1 aromatic carbocycles. The van der Waals surface area contributed by atoms with Crippen LogP contribution in [-0.4, -0.2) is 37.2 Å². The van der Waals surface area contributed by atoms with Crippen LogP contribution >= 0.6 is 0 Å². The quantitative estimate of drug-likeness (QED) is 0.901. The molecule has 1 aromatic rings. The van der Waals surface area contributed by atoms with Crippen molar-refractivity contribution in [2.75, 3.05) is 31.6 Å². The van der Waals surface area contributed by atoms with Crippen LogP contribution in [-0.2, 0) is 11.3 Å². The standard InChI is InChI=1S/C16H24N2O/c1-2-6-16(17-15-7-11-19-12-8-15)14(5-1)13-18-9-3-4-10-18/h1-2,5-6,15,17H,3-4,7-13H2. The zero-order chi connectivity index (χ0) is 12.9. The lowest BCUT2D eigenvalue weighted by molar-refractivity contribution is 0.0904. The van der Waals surface area contributed by atoms with E-state index in [4.69, 9.17) is 4.74 Å². The maximum Gasteiger partial charge on any atom is 0.0485 e. The highest BCUT2D eigenvalue weighted by Crippen LogP contribution is 2.22. The Labute approximate surface area is 115 Å². The van der Waals surface area contributed by atoms with Crippen LogP contribution in [0.3, 0.4) is 0 Å². The molecule has 0 radical (unpaired) electrons. The van der Waals surface area contributed by atoms with Gasteiger partial charge in [0.25, 0.3) is 0 Å². The van der Waals surface area contributed by atoms with Gasteiger partial charge in [0.2, 0.25) is 0 Å². The van der Waals surface area contributed by atoms with Gasteiger partial charge in [0.15, 0.2) is 0 Å². The van der Waals surface area contributed by atoms with Crippen LogP contribution in [0.4, 0.5) is 5.69 Å². The van der Waals surface area contributed by atoms with E-state index in [-0.39, 0.29) is 0 Å². The van der Waals surface area contributed by atoms with Crippen LogP contribution < -0.4 is 5.32 Å². The third-order valence-electron chi connectivity index (χ3n) is 4.19. The molecule has 3 nitrogen and oxygen atoms in total. The summed E-state index contributed by atoms with van der Waals surface area (Å²) in [7, 11) is 0. The minimum Gasteiger partial charge on any atom is -0.382 e. The Morgan fingerprint density at radius 2 is 1.84 bits per heavy atom. The summed E-state index contributed by atoms with van der Waals surface area (Å²) >= 11 is 0. The fourth-order valence-electron chi connectivity index (χ4n) is 3.04. The number of nitrogens with zero attached hydrogens (tertiary/aromatic N) is 1. The average Bonchev–Trinajstić information content (AvgIpc) is 2.95. The molecule has 0 unspecified atom stereocenters. The van der Waals surface area contributed by atoms with E-state index >= 15 is 0 Å². The predicted molar refractivity (Wildman–Crippen MR) is 78.4 cm³/mol. The first-order chi connectivity index (χ1) is 9.42. The Morgan fingerprint density at radius 1 is 1.11 bits per heavy atom. The summed E-state index contributed by atoms with van der Waals surface area (Å²) in [5.74, 6) is 0. The van der Waals surface area contributed by atoms with Crippen LogP contribution in [0.5, 0.6) is 0 Å². The predicted octanol–water partition coefficient (Wildman–Crippen LogP) is 2.87. The van der Waals surface area contributed by atoms with Crippen LogP contribution in [0.15, 0.2) is 24.3 Å². The number of rotatable bonds is 4. The number of anilines is 1. The van der Waals surface area contributed by atoms with Crippen molar-refractivity contribution in [3.8, 4) is 0 Å². The van der Waals surface area contributed by atoms with Crippen molar-refractivity contribution in [3.05, 3.63) is 29.8 Å². The largest absolute Gasteiger partial charge is 0.382 e. The number of likely N-dealkylation sites (tertiary alicyclic amines) is 1. The molecule has 3 rings (SSSR count). The third-order valence-corrected chi connectivity index (χ3v) is 4.19. The fourth-order valence-corrected chi connectivity index (χ4v) is 3.04. The second kappa shape index (κ2) is 6.40. The molecule has 2 fully saturated rings. The second-order valence-electron chi connectivity index (χ2n) is 5.67. The summed E-state index contributed by atoms with van der Waals surface area (Å²) in [5.41, 5.74) is 2.76. The smallest absolute Gasteiger partial charge is 0.0485 e. The minimum atomic E-state index is 0.577. The average molecular weight is 260 g/mol. The van der Waals surface area contributed by atoms with E-state index in [0.29, 0.717) is 6.04 Å². The monoisotopic (exact) mass is 260 g/mol. The van der Waals surface area contributed by atoms with Crippen molar-refractivity contribution in [1.29, 1.82) is 0 Å². The first-order valence-corrected chi connectivity index (χ1v) is 7.56. The van der Waals surface area contributed by atoms with Crippen molar-refractivity contribution < 1.29 is 4.74 Å². The zero-order valence-corrected chi connectivity index (χ0v) is 11.6. The molecule has 0 atom stereocenters. The van der Waals surface area contributed by atoms with Crippen molar-refractivity contribution >= 4 is 5.69 Å². The Balaban J connectivity index is 1.65. The molecule has 0 bridgehead atoms. The van der Waals surface area contributed by atoms with Gasteiger partial charge in [0, 0.05) is 31.5 Å². The van der Waals surface area contributed by atoms with E-state index in [1.165, 1.54) is 37.2 Å². The van der Waals surface area contributed by atoms with Crippen molar-refractivity contribution in [1.82, 2.24) is 4.90 Å². The molecule has 0 saturated carbocycles. The Hall–Kier alpha value is -1.06. The maximum absolute atomic E-state index is 5.43. The first-order valence-electron chi connectivity index (χ1n) is 7.56. The number of para-hydroxylation sites is 1. The number of hydrogen-bond donors (Lipinski definition) is 1. The molecular weight excluding hydrogens is 236 g/mol. The van der Waals surface area contributed by atoms with Gasteiger partial charge in [-0.05, 0) is 50.4 Å². The fraction of sp³-hybridized carbons (Fsp3) is 0.625. The summed E-state index contributed by atoms with van der Waals surface area (Å²) < 4.78 is 5.43. The Bertz CT molecular complexity index is 395. The summed E-state index contributed by atoms with van der Waals surface area (Å²) in [4.78, 5) is 2.56. The molecule has 0 spiro atoms. The van der Waals surface area contributed by atoms with E-state index in [9.17, 15) is 0 Å². The summed E-state index contributed by atoms with van der Waals surface area (Å²) in [6.07, 6.45) is 4.96. The lowest BCUT2D eigenvalue weighted by Gasteiger charge is -2.26. The van der Waals surface area contributed by atoms with E-state index in [0.717, 1.165) is 32.6 Å². The molecule has 3 heteroatoms. The molecule has 2 heterocycles. The molecule has 104 valence electrons. The number of ether oxygens (including phenoxy) is 1. The van der Waals surface area contributed by atoms with Crippen molar-refractivity contribution in [2.45, 2.75) is 38.3 Å². The zero-order valence-electron chi connectivity index (χ0n) is 11.6. The van der Waals surface area contributed by atoms with Gasteiger partial charge in [-0.2, -0.15) is 0 Å². The molecule has 19 heavy (non-hydrogen) atoms. The molecular formula is C16H24N2O. The number of hydrogen-bond acceptors (Lipinski definition) is 3. The second-order valence-corrected chi connectivity index (χ2v) is 5.67. The normalized spacial score (nSPS) is 21.7. The van der Waals surface area contributed by atoms with Crippen molar-refractivity contribution in [2.24, 2.45) is 0 Å². The Kier molecular flexibility index (Phi) is 4.36. The first kappa shape index (κ1) is 12.9. The SMILES string of the molecule is c1ccc(NC2CCOCC2)c(CN2CCCC2)c1. The van der Waals surface area contributed by atoms with Gasteiger partial charge in [0.05, 0.1) is 0 Å². The maximum atomic E-state index is 5.43. The van der Waals surface area contributed by atoms with Gasteiger partial charge in [-0.15, -0.1) is 0 Å². The van der Waals surface area contributed by atoms with Crippen LogP contribution in [0, 0.1) is 0 Å². The third kappa shape index (κ3) is 3.48. The van der Waals surface area contributed by atoms with Crippen LogP contribution in [0.2, 0.25) is 0 Å². The van der Waals surface area contributed by atoms with Gasteiger partial charge in [0.1, 0.15) is 0 Å². The molecule has 1 N–H and O–H groups in total. The summed E-state index contributed by atoms with van der Waals surface area (Å²) in [6, 6.07) is 9.35. The van der Waals surface area contributed by atoms with E-state index in [1.807, 2.05) is 0 Å². The minimum absolute atomic E-state index is 0.577. The molecule has 2 saturated heterocycles. The van der Waals surface area contributed by atoms with Crippen molar-refractivity contribution in [3.63, 3.8) is 0 Å². The summed E-state index contributed by atoms with van der Waals surface area (Å²) in [6.45, 7) is 5.39.